The molecule has 100 valence electrons. The van der Waals surface area contributed by atoms with Crippen molar-refractivity contribution in [2.75, 3.05) is 18.1 Å². The molecule has 3 N–H and O–H groups in total. The number of benzene rings is 1. The smallest absolute Gasteiger partial charge is 0.119 e. The van der Waals surface area contributed by atoms with E-state index in [9.17, 15) is 0 Å². The Kier molecular flexibility index (Phi) is 5.35. The maximum atomic E-state index is 5.71. The van der Waals surface area contributed by atoms with Crippen LogP contribution in [0.25, 0.3) is 0 Å². The minimum atomic E-state index is 0.264. The Morgan fingerprint density at radius 2 is 2.22 bits per heavy atom. The van der Waals surface area contributed by atoms with Crippen LogP contribution in [0.2, 0.25) is 0 Å². The molecule has 2 unspecified atom stereocenters. The maximum absolute atomic E-state index is 5.71. The van der Waals surface area contributed by atoms with E-state index in [4.69, 9.17) is 10.6 Å². The van der Waals surface area contributed by atoms with Gasteiger partial charge in [-0.2, -0.15) is 11.8 Å². The van der Waals surface area contributed by atoms with Crippen molar-refractivity contribution in [3.63, 3.8) is 0 Å². The highest BCUT2D eigenvalue weighted by atomic mass is 32.2. The summed E-state index contributed by atoms with van der Waals surface area (Å²) in [5, 5.41) is 0. The average molecular weight is 266 g/mol. The molecule has 3 nitrogen and oxygen atoms in total. The Morgan fingerprint density at radius 1 is 1.44 bits per heavy atom. The van der Waals surface area contributed by atoms with Crippen LogP contribution in [0.15, 0.2) is 24.3 Å². The molecule has 1 saturated heterocycles. The summed E-state index contributed by atoms with van der Waals surface area (Å²) in [6.45, 7) is 2.89. The molecule has 0 amide bonds. The Labute approximate surface area is 113 Å². The summed E-state index contributed by atoms with van der Waals surface area (Å²) >= 11 is 2.01. The van der Waals surface area contributed by atoms with Crippen molar-refractivity contribution >= 4 is 11.8 Å². The highest BCUT2D eigenvalue weighted by molar-refractivity contribution is 7.99. The summed E-state index contributed by atoms with van der Waals surface area (Å²) in [6, 6.07) is 8.59. The third-order valence-corrected chi connectivity index (χ3v) is 4.52. The molecule has 1 fully saturated rings. The summed E-state index contributed by atoms with van der Waals surface area (Å²) < 4.78 is 5.59. The first kappa shape index (κ1) is 13.7. The van der Waals surface area contributed by atoms with E-state index in [2.05, 4.69) is 24.5 Å². The van der Waals surface area contributed by atoms with Gasteiger partial charge in [-0.05, 0) is 48.0 Å². The van der Waals surface area contributed by atoms with E-state index >= 15 is 0 Å². The minimum Gasteiger partial charge on any atom is -0.494 e. The second-order valence-corrected chi connectivity index (χ2v) is 5.84. The van der Waals surface area contributed by atoms with E-state index in [1.165, 1.54) is 23.5 Å². The van der Waals surface area contributed by atoms with Gasteiger partial charge in [0, 0.05) is 6.04 Å². The van der Waals surface area contributed by atoms with Crippen LogP contribution >= 0.6 is 11.8 Å². The molecule has 2 rings (SSSR count). The lowest BCUT2D eigenvalue weighted by Crippen LogP contribution is -2.33. The predicted octanol–water partition coefficient (Wildman–Crippen LogP) is 2.73. The summed E-state index contributed by atoms with van der Waals surface area (Å²) in [7, 11) is 0. The topological polar surface area (TPSA) is 47.3 Å². The Balaban J connectivity index is 2.02. The van der Waals surface area contributed by atoms with Gasteiger partial charge in [0.1, 0.15) is 5.75 Å². The lowest BCUT2D eigenvalue weighted by molar-refractivity contribution is 0.317. The van der Waals surface area contributed by atoms with Gasteiger partial charge in [0.05, 0.1) is 6.61 Å². The highest BCUT2D eigenvalue weighted by Gasteiger charge is 2.25. The third-order valence-electron chi connectivity index (χ3n) is 3.33. The molecular weight excluding hydrogens is 244 g/mol. The lowest BCUT2D eigenvalue weighted by atomic mass is 9.93. The van der Waals surface area contributed by atoms with Crippen LogP contribution in [0.5, 0.6) is 5.75 Å². The van der Waals surface area contributed by atoms with Gasteiger partial charge in [0.2, 0.25) is 0 Å². The highest BCUT2D eigenvalue weighted by Crippen LogP contribution is 2.34. The maximum Gasteiger partial charge on any atom is 0.119 e. The molecule has 0 spiro atoms. The van der Waals surface area contributed by atoms with Crippen molar-refractivity contribution in [1.82, 2.24) is 5.43 Å². The zero-order valence-electron chi connectivity index (χ0n) is 10.9. The van der Waals surface area contributed by atoms with Gasteiger partial charge < -0.3 is 4.74 Å². The molecule has 0 aromatic heterocycles. The van der Waals surface area contributed by atoms with Gasteiger partial charge in [0.15, 0.2) is 0 Å². The number of thioether (sulfide) groups is 1. The van der Waals surface area contributed by atoms with E-state index in [0.29, 0.717) is 5.92 Å². The first-order valence-corrected chi connectivity index (χ1v) is 7.77. The van der Waals surface area contributed by atoms with Crippen LogP contribution in [-0.2, 0) is 0 Å². The fraction of sp³-hybridized carbons (Fsp3) is 0.571. The summed E-state index contributed by atoms with van der Waals surface area (Å²) in [4.78, 5) is 0. The van der Waals surface area contributed by atoms with Gasteiger partial charge in [-0.1, -0.05) is 19.1 Å². The normalized spacial score (nSPS) is 20.9. The lowest BCUT2D eigenvalue weighted by Gasteiger charge is -2.22. The van der Waals surface area contributed by atoms with Crippen LogP contribution < -0.4 is 16.0 Å². The van der Waals surface area contributed by atoms with E-state index in [-0.39, 0.29) is 6.04 Å². The van der Waals surface area contributed by atoms with Crippen LogP contribution in [0.3, 0.4) is 0 Å². The zero-order chi connectivity index (χ0) is 12.8. The second-order valence-electron chi connectivity index (χ2n) is 4.69. The van der Waals surface area contributed by atoms with Crippen molar-refractivity contribution in [1.29, 1.82) is 0 Å². The number of hydrazine groups is 1. The van der Waals surface area contributed by atoms with Crippen molar-refractivity contribution in [2.24, 2.45) is 11.8 Å². The SMILES string of the molecule is CCCOc1ccc(C(NN)C2CCSC2)cc1. The van der Waals surface area contributed by atoms with Crippen molar-refractivity contribution in [2.45, 2.75) is 25.8 Å². The number of nitrogens with two attached hydrogens (primary N) is 1. The molecule has 0 aliphatic carbocycles. The molecule has 0 saturated carbocycles. The minimum absolute atomic E-state index is 0.264. The van der Waals surface area contributed by atoms with Crippen LogP contribution in [-0.4, -0.2) is 18.1 Å². The number of hydrogen-bond donors (Lipinski definition) is 2. The Hall–Kier alpha value is -0.710. The van der Waals surface area contributed by atoms with E-state index in [0.717, 1.165) is 18.8 Å². The predicted molar refractivity (Wildman–Crippen MR) is 77.7 cm³/mol. The number of ether oxygens (including phenoxy) is 1. The second kappa shape index (κ2) is 7.02. The number of hydrogen-bond acceptors (Lipinski definition) is 4. The van der Waals surface area contributed by atoms with Gasteiger partial charge in [0.25, 0.3) is 0 Å². The van der Waals surface area contributed by atoms with Crippen molar-refractivity contribution in [3.05, 3.63) is 29.8 Å². The van der Waals surface area contributed by atoms with Crippen molar-refractivity contribution < 1.29 is 4.74 Å². The molecule has 18 heavy (non-hydrogen) atoms. The van der Waals surface area contributed by atoms with E-state index in [1.54, 1.807) is 0 Å². The molecular formula is C14H22N2OS. The molecule has 1 aliphatic rings. The Morgan fingerprint density at radius 3 is 2.78 bits per heavy atom. The molecule has 0 bridgehead atoms. The van der Waals surface area contributed by atoms with Gasteiger partial charge in [-0.3, -0.25) is 11.3 Å². The molecule has 4 heteroatoms. The molecule has 0 radical (unpaired) electrons. The van der Waals surface area contributed by atoms with Crippen LogP contribution in [0.4, 0.5) is 0 Å². The van der Waals surface area contributed by atoms with Gasteiger partial charge in [-0.15, -0.1) is 0 Å². The van der Waals surface area contributed by atoms with E-state index < -0.39 is 0 Å². The largest absolute Gasteiger partial charge is 0.494 e. The summed E-state index contributed by atoms with van der Waals surface area (Å²) in [5.41, 5.74) is 4.23. The standard InChI is InChI=1S/C14H22N2OS/c1-2-8-17-13-5-3-11(4-6-13)14(16-15)12-7-9-18-10-12/h3-6,12,14,16H,2,7-10,15H2,1H3. The summed E-state index contributed by atoms with van der Waals surface area (Å²) in [6.07, 6.45) is 2.28. The van der Waals surface area contributed by atoms with Gasteiger partial charge >= 0.3 is 0 Å². The average Bonchev–Trinajstić information content (AvgIpc) is 2.93. The molecule has 1 heterocycles. The fourth-order valence-electron chi connectivity index (χ4n) is 2.31. The molecule has 2 atom stereocenters. The molecule has 1 aliphatic heterocycles. The van der Waals surface area contributed by atoms with Gasteiger partial charge in [-0.25, -0.2) is 0 Å². The first-order valence-electron chi connectivity index (χ1n) is 6.61. The van der Waals surface area contributed by atoms with E-state index in [1.807, 2.05) is 23.9 Å². The molecule has 1 aromatic carbocycles. The van der Waals surface area contributed by atoms with Crippen molar-refractivity contribution in [3.8, 4) is 5.75 Å². The van der Waals surface area contributed by atoms with Crippen LogP contribution in [0.1, 0.15) is 31.4 Å². The third kappa shape index (κ3) is 3.40. The zero-order valence-corrected chi connectivity index (χ0v) is 11.7. The fourth-order valence-corrected chi connectivity index (χ4v) is 3.61. The van der Waals surface area contributed by atoms with Crippen LogP contribution in [0, 0.1) is 5.92 Å². The summed E-state index contributed by atoms with van der Waals surface area (Å²) in [5.74, 6) is 9.74. The Bertz CT molecular complexity index is 349. The number of rotatable bonds is 6. The quantitative estimate of drug-likeness (QED) is 0.614. The number of nitrogens with one attached hydrogen (secondary N) is 1. The first-order chi connectivity index (χ1) is 8.85. The monoisotopic (exact) mass is 266 g/mol. The molecule has 1 aromatic rings.